The van der Waals surface area contributed by atoms with Crippen molar-refractivity contribution < 1.29 is 19.1 Å². The van der Waals surface area contributed by atoms with Gasteiger partial charge in [0.15, 0.2) is 0 Å². The van der Waals surface area contributed by atoms with E-state index in [-0.39, 0.29) is 6.42 Å². The second-order valence-corrected chi connectivity index (χ2v) is 3.22. The molecule has 0 atom stereocenters. The lowest BCUT2D eigenvalue weighted by Gasteiger charge is -2.06. The molecule has 0 bridgehead atoms. The maximum Gasteiger partial charge on any atom is 0.334 e. The summed E-state index contributed by atoms with van der Waals surface area (Å²) in [5.74, 6) is -0.818. The summed E-state index contributed by atoms with van der Waals surface area (Å²) in [7, 11) is 0. The SMILES string of the molecule is CCC/C=C(/CC(=O)OCC)C(=O)OCC. The predicted molar refractivity (Wildman–Crippen MR) is 60.9 cm³/mol. The van der Waals surface area contributed by atoms with Gasteiger partial charge >= 0.3 is 11.9 Å². The Labute approximate surface area is 96.6 Å². The summed E-state index contributed by atoms with van der Waals surface area (Å²) in [6, 6.07) is 0. The van der Waals surface area contributed by atoms with Crippen LogP contribution in [0.15, 0.2) is 11.6 Å². The van der Waals surface area contributed by atoms with Gasteiger partial charge in [-0.2, -0.15) is 0 Å². The third-order valence-corrected chi connectivity index (χ3v) is 1.86. The molecular formula is C12H20O4. The lowest BCUT2D eigenvalue weighted by Crippen LogP contribution is -2.13. The molecule has 0 aliphatic rings. The zero-order valence-corrected chi connectivity index (χ0v) is 10.2. The van der Waals surface area contributed by atoms with Gasteiger partial charge in [0.1, 0.15) is 0 Å². The molecule has 0 N–H and O–H groups in total. The number of carbonyl (C=O) groups is 2. The summed E-state index contributed by atoms with van der Waals surface area (Å²) < 4.78 is 9.66. The zero-order chi connectivity index (χ0) is 12.4. The van der Waals surface area contributed by atoms with Gasteiger partial charge in [-0.25, -0.2) is 4.79 Å². The summed E-state index contributed by atoms with van der Waals surface area (Å²) in [6.07, 6.45) is 3.42. The molecule has 0 aliphatic carbocycles. The molecule has 4 heteroatoms. The maximum atomic E-state index is 11.5. The fourth-order valence-electron chi connectivity index (χ4n) is 1.14. The minimum absolute atomic E-state index is 0.00727. The highest BCUT2D eigenvalue weighted by Gasteiger charge is 2.15. The number of hydrogen-bond donors (Lipinski definition) is 0. The van der Waals surface area contributed by atoms with Crippen LogP contribution < -0.4 is 0 Å². The lowest BCUT2D eigenvalue weighted by molar-refractivity contribution is -0.145. The number of rotatable bonds is 7. The molecule has 92 valence electrons. The molecule has 0 aromatic carbocycles. The number of ether oxygens (including phenoxy) is 2. The molecule has 0 radical (unpaired) electrons. The van der Waals surface area contributed by atoms with Gasteiger partial charge in [-0.15, -0.1) is 0 Å². The van der Waals surface area contributed by atoms with E-state index in [4.69, 9.17) is 9.47 Å². The van der Waals surface area contributed by atoms with E-state index in [1.165, 1.54) is 0 Å². The van der Waals surface area contributed by atoms with Gasteiger partial charge in [0, 0.05) is 5.57 Å². The Bertz CT molecular complexity index is 256. The van der Waals surface area contributed by atoms with Gasteiger partial charge in [0.05, 0.1) is 19.6 Å². The molecule has 0 rings (SSSR count). The molecule has 4 nitrogen and oxygen atoms in total. The number of allylic oxidation sites excluding steroid dienone is 1. The van der Waals surface area contributed by atoms with Crippen LogP contribution in [0.4, 0.5) is 0 Å². The zero-order valence-electron chi connectivity index (χ0n) is 10.2. The fraction of sp³-hybridized carbons (Fsp3) is 0.667. The van der Waals surface area contributed by atoms with E-state index in [0.717, 1.165) is 12.8 Å². The smallest absolute Gasteiger partial charge is 0.334 e. The molecule has 0 aromatic heterocycles. The monoisotopic (exact) mass is 228 g/mol. The lowest BCUT2D eigenvalue weighted by atomic mass is 10.1. The molecule has 0 heterocycles. The standard InChI is InChI=1S/C12H20O4/c1-4-7-8-10(12(14)16-6-3)9-11(13)15-5-2/h8H,4-7,9H2,1-3H3/b10-8-. The molecule has 0 saturated carbocycles. The Kier molecular flexibility index (Phi) is 8.21. The van der Waals surface area contributed by atoms with Gasteiger partial charge in [-0.1, -0.05) is 19.4 Å². The van der Waals surface area contributed by atoms with Crippen LogP contribution in [0.2, 0.25) is 0 Å². The summed E-state index contributed by atoms with van der Waals surface area (Å²) in [5.41, 5.74) is 0.391. The van der Waals surface area contributed by atoms with Crippen molar-refractivity contribution in [2.75, 3.05) is 13.2 Å². The first-order valence-corrected chi connectivity index (χ1v) is 5.67. The molecule has 0 fully saturated rings. The maximum absolute atomic E-state index is 11.5. The van der Waals surface area contributed by atoms with Crippen molar-refractivity contribution >= 4 is 11.9 Å². The van der Waals surface area contributed by atoms with Crippen molar-refractivity contribution in [3.63, 3.8) is 0 Å². The Hall–Kier alpha value is -1.32. The fourth-order valence-corrected chi connectivity index (χ4v) is 1.14. The second-order valence-electron chi connectivity index (χ2n) is 3.22. The minimum Gasteiger partial charge on any atom is -0.466 e. The minimum atomic E-state index is -0.427. The highest BCUT2D eigenvalue weighted by molar-refractivity contribution is 5.93. The van der Waals surface area contributed by atoms with E-state index in [2.05, 4.69) is 0 Å². The van der Waals surface area contributed by atoms with Gasteiger partial charge in [0.2, 0.25) is 0 Å². The predicted octanol–water partition coefficient (Wildman–Crippen LogP) is 2.23. The quantitative estimate of drug-likeness (QED) is 0.495. The number of hydrogen-bond acceptors (Lipinski definition) is 4. The topological polar surface area (TPSA) is 52.6 Å². The van der Waals surface area contributed by atoms with E-state index in [9.17, 15) is 9.59 Å². The van der Waals surface area contributed by atoms with Gasteiger partial charge in [0.25, 0.3) is 0 Å². The van der Waals surface area contributed by atoms with Crippen LogP contribution in [0.1, 0.15) is 40.0 Å². The van der Waals surface area contributed by atoms with Gasteiger partial charge in [-0.3, -0.25) is 4.79 Å². The molecule has 0 amide bonds. The Morgan fingerprint density at radius 1 is 1.06 bits per heavy atom. The van der Waals surface area contributed by atoms with Crippen molar-refractivity contribution in [2.45, 2.75) is 40.0 Å². The molecule has 0 unspecified atom stereocenters. The number of esters is 2. The molecule has 16 heavy (non-hydrogen) atoms. The molecule has 0 aliphatic heterocycles. The first kappa shape index (κ1) is 14.7. The highest BCUT2D eigenvalue weighted by Crippen LogP contribution is 2.08. The molecule has 0 saturated heterocycles. The van der Waals surface area contributed by atoms with Crippen molar-refractivity contribution in [3.8, 4) is 0 Å². The second kappa shape index (κ2) is 8.95. The summed E-state index contributed by atoms with van der Waals surface area (Å²) in [5, 5.41) is 0. The summed E-state index contributed by atoms with van der Waals surface area (Å²) in [6.45, 7) is 6.11. The van der Waals surface area contributed by atoms with Crippen molar-refractivity contribution in [1.82, 2.24) is 0 Å². The molecule has 0 aromatic rings. The Morgan fingerprint density at radius 3 is 2.19 bits per heavy atom. The van der Waals surface area contributed by atoms with Gasteiger partial charge < -0.3 is 9.47 Å². The average Bonchev–Trinajstić information content (AvgIpc) is 2.24. The van der Waals surface area contributed by atoms with Crippen LogP contribution in [-0.2, 0) is 19.1 Å². The van der Waals surface area contributed by atoms with E-state index >= 15 is 0 Å². The largest absolute Gasteiger partial charge is 0.466 e. The van der Waals surface area contributed by atoms with E-state index in [0.29, 0.717) is 18.8 Å². The van der Waals surface area contributed by atoms with Crippen LogP contribution in [0, 0.1) is 0 Å². The first-order chi connectivity index (χ1) is 7.65. The van der Waals surface area contributed by atoms with Crippen LogP contribution in [0.5, 0.6) is 0 Å². The van der Waals surface area contributed by atoms with E-state index in [1.54, 1.807) is 19.9 Å². The van der Waals surface area contributed by atoms with E-state index < -0.39 is 11.9 Å². The van der Waals surface area contributed by atoms with Gasteiger partial charge in [-0.05, 0) is 20.3 Å². The number of unbranched alkanes of at least 4 members (excludes halogenated alkanes) is 1. The van der Waals surface area contributed by atoms with Crippen LogP contribution in [0.3, 0.4) is 0 Å². The summed E-state index contributed by atoms with van der Waals surface area (Å²) in [4.78, 5) is 22.7. The van der Waals surface area contributed by atoms with Crippen molar-refractivity contribution in [3.05, 3.63) is 11.6 Å². The number of carbonyl (C=O) groups excluding carboxylic acids is 2. The third-order valence-electron chi connectivity index (χ3n) is 1.86. The first-order valence-electron chi connectivity index (χ1n) is 5.67. The van der Waals surface area contributed by atoms with Crippen molar-refractivity contribution in [1.29, 1.82) is 0 Å². The van der Waals surface area contributed by atoms with Crippen LogP contribution in [-0.4, -0.2) is 25.2 Å². The summed E-state index contributed by atoms with van der Waals surface area (Å²) >= 11 is 0. The Balaban J connectivity index is 4.42. The molecular weight excluding hydrogens is 208 g/mol. The highest BCUT2D eigenvalue weighted by atomic mass is 16.5. The normalized spacial score (nSPS) is 11.1. The molecule has 0 spiro atoms. The van der Waals surface area contributed by atoms with Crippen LogP contribution in [0.25, 0.3) is 0 Å². The average molecular weight is 228 g/mol. The Morgan fingerprint density at radius 2 is 1.69 bits per heavy atom. The van der Waals surface area contributed by atoms with Crippen molar-refractivity contribution in [2.24, 2.45) is 0 Å². The third kappa shape index (κ3) is 6.22. The van der Waals surface area contributed by atoms with E-state index in [1.807, 2.05) is 6.92 Å². The van der Waals surface area contributed by atoms with Crippen LogP contribution >= 0.6 is 0 Å².